The van der Waals surface area contributed by atoms with Crippen molar-refractivity contribution in [3.63, 3.8) is 0 Å². The standard InChI is InChI=1S/C31H24N2O3S/c1-17-8-6-11-21(14-17)27-26(28(34)23-13-7-10-20-9-4-5-12-22(20)23)29(35)30(36)33(27)31-32-24-15-18(2)19(3)16-25(24)37-31/h4-16,27,34H,1-3H3/b28-26+. The average Bonchev–Trinajstić information content (AvgIpc) is 3.41. The van der Waals surface area contributed by atoms with Crippen molar-refractivity contribution in [1.82, 2.24) is 4.98 Å². The van der Waals surface area contributed by atoms with Gasteiger partial charge in [0.25, 0.3) is 5.78 Å². The molecule has 0 spiro atoms. The number of hydrogen-bond acceptors (Lipinski definition) is 5. The molecule has 1 N–H and O–H groups in total. The van der Waals surface area contributed by atoms with E-state index < -0.39 is 17.7 Å². The molecule has 37 heavy (non-hydrogen) atoms. The molecule has 1 aromatic heterocycles. The average molecular weight is 505 g/mol. The Balaban J connectivity index is 1.61. The van der Waals surface area contributed by atoms with Gasteiger partial charge in [-0.2, -0.15) is 0 Å². The van der Waals surface area contributed by atoms with E-state index in [9.17, 15) is 14.7 Å². The number of hydrogen-bond donors (Lipinski definition) is 1. The van der Waals surface area contributed by atoms with E-state index in [0.717, 1.165) is 43.2 Å². The Morgan fingerprint density at radius 2 is 1.62 bits per heavy atom. The molecule has 1 aliphatic heterocycles. The molecular weight excluding hydrogens is 480 g/mol. The van der Waals surface area contributed by atoms with Crippen molar-refractivity contribution in [3.8, 4) is 0 Å². The van der Waals surface area contributed by atoms with Crippen LogP contribution in [0.5, 0.6) is 0 Å². The van der Waals surface area contributed by atoms with Crippen molar-refractivity contribution < 1.29 is 14.7 Å². The first-order valence-electron chi connectivity index (χ1n) is 12.1. The molecule has 0 bridgehead atoms. The third-order valence-corrected chi connectivity index (χ3v) is 8.06. The lowest BCUT2D eigenvalue weighted by Crippen LogP contribution is -2.29. The summed E-state index contributed by atoms with van der Waals surface area (Å²) in [6.07, 6.45) is 0. The fraction of sp³-hybridized carbons (Fsp3) is 0.129. The van der Waals surface area contributed by atoms with E-state index in [4.69, 9.17) is 4.98 Å². The van der Waals surface area contributed by atoms with Crippen molar-refractivity contribution in [2.75, 3.05) is 4.90 Å². The number of benzene rings is 4. The number of thiazole rings is 1. The number of aryl methyl sites for hydroxylation is 3. The van der Waals surface area contributed by atoms with Crippen LogP contribution in [0.1, 0.15) is 33.9 Å². The van der Waals surface area contributed by atoms with Crippen molar-refractivity contribution in [2.24, 2.45) is 0 Å². The van der Waals surface area contributed by atoms with E-state index in [1.165, 1.54) is 16.2 Å². The quantitative estimate of drug-likeness (QED) is 0.163. The molecule has 1 saturated heterocycles. The number of rotatable bonds is 3. The maximum atomic E-state index is 13.6. The van der Waals surface area contributed by atoms with Gasteiger partial charge in [0.2, 0.25) is 0 Å². The zero-order chi connectivity index (χ0) is 25.8. The van der Waals surface area contributed by atoms with Gasteiger partial charge in [-0.3, -0.25) is 14.5 Å². The number of aromatic nitrogens is 1. The molecule has 1 unspecified atom stereocenters. The molecule has 1 amide bonds. The zero-order valence-electron chi connectivity index (χ0n) is 20.6. The van der Waals surface area contributed by atoms with Gasteiger partial charge >= 0.3 is 5.91 Å². The first kappa shape index (κ1) is 23.1. The number of amides is 1. The van der Waals surface area contributed by atoms with Crippen LogP contribution in [0.3, 0.4) is 0 Å². The summed E-state index contributed by atoms with van der Waals surface area (Å²) in [5.74, 6) is -1.60. The number of anilines is 1. The Kier molecular flexibility index (Phi) is 5.42. The Labute approximate surface area is 218 Å². The smallest absolute Gasteiger partial charge is 0.301 e. The van der Waals surface area contributed by atoms with Gasteiger partial charge in [-0.1, -0.05) is 83.6 Å². The van der Waals surface area contributed by atoms with Gasteiger partial charge in [-0.25, -0.2) is 4.98 Å². The summed E-state index contributed by atoms with van der Waals surface area (Å²) in [6.45, 7) is 6.03. The van der Waals surface area contributed by atoms with Crippen LogP contribution in [-0.2, 0) is 9.59 Å². The minimum atomic E-state index is -0.804. The first-order chi connectivity index (χ1) is 17.8. The van der Waals surface area contributed by atoms with Gasteiger partial charge in [0, 0.05) is 5.56 Å². The molecule has 5 nitrogen and oxygen atoms in total. The van der Waals surface area contributed by atoms with Crippen LogP contribution in [-0.4, -0.2) is 21.8 Å². The van der Waals surface area contributed by atoms with Crippen LogP contribution in [0, 0.1) is 20.8 Å². The largest absolute Gasteiger partial charge is 0.507 e. The summed E-state index contributed by atoms with van der Waals surface area (Å²) < 4.78 is 0.942. The lowest BCUT2D eigenvalue weighted by molar-refractivity contribution is -0.132. The lowest BCUT2D eigenvalue weighted by Gasteiger charge is -2.23. The second kappa shape index (κ2) is 8.68. The molecule has 182 valence electrons. The van der Waals surface area contributed by atoms with Crippen molar-refractivity contribution in [3.05, 3.63) is 112 Å². The van der Waals surface area contributed by atoms with Crippen LogP contribution < -0.4 is 4.90 Å². The number of carbonyl (C=O) groups excluding carboxylic acids is 2. The van der Waals surface area contributed by atoms with E-state index in [-0.39, 0.29) is 11.3 Å². The van der Waals surface area contributed by atoms with Crippen LogP contribution in [0.15, 0.2) is 84.4 Å². The fourth-order valence-corrected chi connectivity index (χ4v) is 6.11. The van der Waals surface area contributed by atoms with Crippen LogP contribution in [0.4, 0.5) is 5.13 Å². The van der Waals surface area contributed by atoms with Gasteiger partial charge in [-0.05, 0) is 60.4 Å². The van der Waals surface area contributed by atoms with Crippen molar-refractivity contribution in [2.45, 2.75) is 26.8 Å². The molecule has 1 atom stereocenters. The molecule has 5 aromatic rings. The number of fused-ring (bicyclic) bond motifs is 2. The number of nitrogens with zero attached hydrogens (tertiary/aromatic N) is 2. The highest BCUT2D eigenvalue weighted by Crippen LogP contribution is 2.45. The predicted octanol–water partition coefficient (Wildman–Crippen LogP) is 7.00. The molecule has 2 heterocycles. The zero-order valence-corrected chi connectivity index (χ0v) is 21.5. The summed E-state index contributed by atoms with van der Waals surface area (Å²) in [6, 6.07) is 24.2. The monoisotopic (exact) mass is 504 g/mol. The molecule has 0 aliphatic carbocycles. The van der Waals surface area contributed by atoms with Gasteiger partial charge < -0.3 is 5.11 Å². The third kappa shape index (κ3) is 3.72. The van der Waals surface area contributed by atoms with E-state index in [1.54, 1.807) is 6.07 Å². The molecule has 4 aromatic carbocycles. The predicted molar refractivity (Wildman–Crippen MR) is 149 cm³/mol. The van der Waals surface area contributed by atoms with Crippen molar-refractivity contribution >= 4 is 54.9 Å². The molecule has 6 rings (SSSR count). The second-order valence-corrected chi connectivity index (χ2v) is 10.5. The maximum Gasteiger partial charge on any atom is 0.301 e. The molecular formula is C31H24N2O3S. The van der Waals surface area contributed by atoms with E-state index >= 15 is 0 Å². The molecule has 0 saturated carbocycles. The summed E-state index contributed by atoms with van der Waals surface area (Å²) in [5.41, 5.74) is 5.34. The van der Waals surface area contributed by atoms with Gasteiger partial charge in [0.1, 0.15) is 5.76 Å². The highest BCUT2D eigenvalue weighted by Gasteiger charge is 2.48. The number of aliphatic hydroxyl groups excluding tert-OH is 1. The number of ketones is 1. The molecule has 0 radical (unpaired) electrons. The second-order valence-electron chi connectivity index (χ2n) is 9.51. The lowest BCUT2D eigenvalue weighted by atomic mass is 9.93. The topological polar surface area (TPSA) is 70.5 Å². The van der Waals surface area contributed by atoms with Crippen molar-refractivity contribution in [1.29, 1.82) is 0 Å². The van der Waals surface area contributed by atoms with E-state index in [1.807, 2.05) is 87.5 Å². The highest BCUT2D eigenvalue weighted by atomic mass is 32.1. The van der Waals surface area contributed by atoms with Gasteiger partial charge in [0.15, 0.2) is 5.13 Å². The van der Waals surface area contributed by atoms with E-state index in [2.05, 4.69) is 6.07 Å². The molecule has 1 aliphatic rings. The Hall–Kier alpha value is -4.29. The summed E-state index contributed by atoms with van der Waals surface area (Å²) in [5, 5.41) is 13.8. The fourth-order valence-electron chi connectivity index (χ4n) is 5.03. The maximum absolute atomic E-state index is 13.6. The summed E-state index contributed by atoms with van der Waals surface area (Å²) >= 11 is 1.38. The Morgan fingerprint density at radius 3 is 2.43 bits per heavy atom. The highest BCUT2D eigenvalue weighted by molar-refractivity contribution is 7.22. The Morgan fingerprint density at radius 1 is 0.892 bits per heavy atom. The number of carbonyl (C=O) groups is 2. The summed E-state index contributed by atoms with van der Waals surface area (Å²) in [7, 11) is 0. The van der Waals surface area contributed by atoms with Crippen LogP contribution in [0.2, 0.25) is 0 Å². The van der Waals surface area contributed by atoms with Crippen LogP contribution in [0.25, 0.3) is 26.7 Å². The number of aliphatic hydroxyl groups is 1. The molecule has 6 heteroatoms. The normalized spacial score (nSPS) is 17.3. The van der Waals surface area contributed by atoms with Crippen LogP contribution >= 0.6 is 11.3 Å². The minimum absolute atomic E-state index is 0.0681. The Bertz CT molecular complexity index is 1740. The SMILES string of the molecule is Cc1cccc(C2/C(=C(\O)c3cccc4ccccc34)C(=O)C(=O)N2c2nc3cc(C)c(C)cc3s2)c1. The van der Waals surface area contributed by atoms with Gasteiger partial charge in [0.05, 0.1) is 21.8 Å². The van der Waals surface area contributed by atoms with E-state index in [0.29, 0.717) is 10.7 Å². The number of Topliss-reactive ketones (excluding diaryl/α,β-unsaturated/α-hetero) is 1. The third-order valence-electron chi connectivity index (χ3n) is 7.05. The molecule has 1 fully saturated rings. The minimum Gasteiger partial charge on any atom is -0.507 e. The summed E-state index contributed by atoms with van der Waals surface area (Å²) in [4.78, 5) is 33.4. The first-order valence-corrected chi connectivity index (χ1v) is 12.9. The van der Waals surface area contributed by atoms with Gasteiger partial charge in [-0.15, -0.1) is 0 Å².